The number of piperidine rings is 1. The number of aromatic amines is 1. The summed E-state index contributed by atoms with van der Waals surface area (Å²) in [4.78, 5) is 18.3. The first-order chi connectivity index (χ1) is 13.6. The van der Waals surface area contributed by atoms with Gasteiger partial charge in [-0.05, 0) is 31.4 Å². The molecule has 28 heavy (non-hydrogen) atoms. The third-order valence-corrected chi connectivity index (χ3v) is 6.77. The number of benzene rings is 1. The van der Waals surface area contributed by atoms with E-state index in [-0.39, 0.29) is 36.0 Å². The zero-order chi connectivity index (χ0) is 19.4. The first-order valence-corrected chi connectivity index (χ1v) is 9.82. The predicted octanol–water partition coefficient (Wildman–Crippen LogP) is 3.07. The zero-order valence-corrected chi connectivity index (χ0v) is 16.0. The first kappa shape index (κ1) is 17.3. The molecule has 144 valence electrons. The monoisotopic (exact) mass is 377 g/mol. The standard InChI is InChI=1S/C22H23N3O3/c1-12-20-15(16(11-28-12)22(26)27-2)9-18-21-14(7-8-25(18)19(20)10-23)13-5-3-4-6-17(13)24-21/h3-6,11-12,15,18-20,24H,7-9H2,1-2H3/t12?,15?,18?,19-,20?/m1/s1. The number of hydrogen-bond acceptors (Lipinski definition) is 5. The number of para-hydroxylation sites is 1. The molecule has 0 amide bonds. The van der Waals surface area contributed by atoms with Crippen molar-refractivity contribution in [1.82, 2.24) is 9.88 Å². The van der Waals surface area contributed by atoms with Crippen LogP contribution in [0, 0.1) is 23.2 Å². The van der Waals surface area contributed by atoms with E-state index < -0.39 is 0 Å². The SMILES string of the molecule is COC(=O)C1=COC(C)C2C1CC1c3[nH]c4ccccc4c3CCN1[C@@H]2C#N. The molecule has 2 aromatic rings. The van der Waals surface area contributed by atoms with Gasteiger partial charge in [-0.2, -0.15) is 5.26 Å². The lowest BCUT2D eigenvalue weighted by molar-refractivity contribution is -0.139. The number of rotatable bonds is 1. The lowest BCUT2D eigenvalue weighted by Gasteiger charge is -2.51. The number of carbonyl (C=O) groups excluding carboxylic acids is 1. The highest BCUT2D eigenvalue weighted by atomic mass is 16.5. The Labute approximate surface area is 163 Å². The van der Waals surface area contributed by atoms with Crippen LogP contribution in [0.1, 0.15) is 30.6 Å². The van der Waals surface area contributed by atoms with E-state index in [1.807, 2.05) is 13.0 Å². The van der Waals surface area contributed by atoms with Crippen molar-refractivity contribution in [2.75, 3.05) is 13.7 Å². The maximum Gasteiger partial charge on any atom is 0.337 e. The van der Waals surface area contributed by atoms with Gasteiger partial charge in [0, 0.05) is 35.0 Å². The number of nitriles is 1. The van der Waals surface area contributed by atoms with Crippen molar-refractivity contribution < 1.29 is 14.3 Å². The van der Waals surface area contributed by atoms with Crippen molar-refractivity contribution in [2.24, 2.45) is 11.8 Å². The Balaban J connectivity index is 1.62. The number of methoxy groups -OCH3 is 1. The van der Waals surface area contributed by atoms with Crippen molar-refractivity contribution in [3.05, 3.63) is 47.4 Å². The minimum absolute atomic E-state index is 0.0497. The summed E-state index contributed by atoms with van der Waals surface area (Å²) in [5.74, 6) is -0.467. The molecule has 0 radical (unpaired) electrons. The maximum atomic E-state index is 12.4. The van der Waals surface area contributed by atoms with Gasteiger partial charge in [-0.25, -0.2) is 4.79 Å². The van der Waals surface area contributed by atoms with E-state index in [1.165, 1.54) is 23.8 Å². The first-order valence-electron chi connectivity index (χ1n) is 9.82. The van der Waals surface area contributed by atoms with Crippen molar-refractivity contribution in [3.8, 4) is 6.07 Å². The molecule has 3 aliphatic rings. The van der Waals surface area contributed by atoms with Crippen LogP contribution in [0.25, 0.3) is 10.9 Å². The molecular formula is C22H23N3O3. The number of aromatic nitrogens is 1. The van der Waals surface area contributed by atoms with Crippen LogP contribution >= 0.6 is 0 Å². The molecule has 3 aliphatic heterocycles. The van der Waals surface area contributed by atoms with E-state index in [2.05, 4.69) is 34.2 Å². The Hall–Kier alpha value is -2.78. The Morgan fingerprint density at radius 1 is 1.39 bits per heavy atom. The van der Waals surface area contributed by atoms with Crippen LogP contribution < -0.4 is 0 Å². The van der Waals surface area contributed by atoms with Gasteiger partial charge in [-0.15, -0.1) is 0 Å². The number of ether oxygens (including phenoxy) is 2. The second-order valence-corrected chi connectivity index (χ2v) is 7.97. The molecule has 0 saturated carbocycles. The lowest BCUT2D eigenvalue weighted by Crippen LogP contribution is -2.57. The fourth-order valence-electron chi connectivity index (χ4n) is 5.52. The van der Waals surface area contributed by atoms with Gasteiger partial charge in [0.1, 0.15) is 12.1 Å². The Morgan fingerprint density at radius 3 is 3.00 bits per heavy atom. The second-order valence-electron chi connectivity index (χ2n) is 7.97. The molecule has 0 bridgehead atoms. The average molecular weight is 377 g/mol. The molecule has 4 unspecified atom stereocenters. The number of fused-ring (bicyclic) bond motifs is 6. The molecule has 1 aromatic heterocycles. The highest BCUT2D eigenvalue weighted by Gasteiger charge is 2.52. The number of carbonyl (C=O) groups is 1. The molecule has 1 aromatic carbocycles. The number of nitrogens with zero attached hydrogens (tertiary/aromatic N) is 2. The molecule has 0 spiro atoms. The molecule has 5 rings (SSSR count). The van der Waals surface area contributed by atoms with Gasteiger partial charge < -0.3 is 14.5 Å². The molecule has 1 fully saturated rings. The number of nitrogens with one attached hydrogen (secondary N) is 1. The second kappa shape index (κ2) is 6.39. The fourth-order valence-corrected chi connectivity index (χ4v) is 5.52. The van der Waals surface area contributed by atoms with Gasteiger partial charge in [0.2, 0.25) is 0 Å². The fraction of sp³-hybridized carbons (Fsp3) is 0.455. The zero-order valence-electron chi connectivity index (χ0n) is 16.0. The van der Waals surface area contributed by atoms with E-state index in [4.69, 9.17) is 9.47 Å². The van der Waals surface area contributed by atoms with Crippen LogP contribution in [0.3, 0.4) is 0 Å². The number of H-pyrrole nitrogens is 1. The summed E-state index contributed by atoms with van der Waals surface area (Å²) in [6, 6.07) is 10.7. The van der Waals surface area contributed by atoms with Gasteiger partial charge >= 0.3 is 5.97 Å². The summed E-state index contributed by atoms with van der Waals surface area (Å²) in [5.41, 5.74) is 4.22. The summed E-state index contributed by atoms with van der Waals surface area (Å²) >= 11 is 0. The summed E-state index contributed by atoms with van der Waals surface area (Å²) in [7, 11) is 1.39. The predicted molar refractivity (Wildman–Crippen MR) is 103 cm³/mol. The van der Waals surface area contributed by atoms with E-state index in [0.717, 1.165) is 24.9 Å². The van der Waals surface area contributed by atoms with Crippen molar-refractivity contribution in [1.29, 1.82) is 5.26 Å². The van der Waals surface area contributed by atoms with Gasteiger partial charge in [0.25, 0.3) is 0 Å². The largest absolute Gasteiger partial charge is 0.497 e. The van der Waals surface area contributed by atoms with Gasteiger partial charge in [0.05, 0.1) is 31.1 Å². The lowest BCUT2D eigenvalue weighted by atomic mass is 9.68. The minimum Gasteiger partial charge on any atom is -0.497 e. The maximum absolute atomic E-state index is 12.4. The molecule has 6 heteroatoms. The highest BCUT2D eigenvalue weighted by molar-refractivity contribution is 5.89. The van der Waals surface area contributed by atoms with Crippen molar-refractivity contribution in [3.63, 3.8) is 0 Å². The van der Waals surface area contributed by atoms with Crippen LogP contribution in [0.4, 0.5) is 0 Å². The van der Waals surface area contributed by atoms with Crippen molar-refractivity contribution >= 4 is 16.9 Å². The van der Waals surface area contributed by atoms with E-state index in [1.54, 1.807) is 6.26 Å². The third-order valence-electron chi connectivity index (χ3n) is 6.77. The molecule has 1 saturated heterocycles. The van der Waals surface area contributed by atoms with E-state index in [0.29, 0.717) is 5.57 Å². The summed E-state index contributed by atoms with van der Waals surface area (Å²) in [6.45, 7) is 2.83. The molecule has 1 N–H and O–H groups in total. The highest BCUT2D eigenvalue weighted by Crippen LogP contribution is 2.50. The van der Waals surface area contributed by atoms with E-state index in [9.17, 15) is 10.1 Å². The summed E-state index contributed by atoms with van der Waals surface area (Å²) in [5, 5.41) is 11.3. The van der Waals surface area contributed by atoms with Crippen LogP contribution in [0.15, 0.2) is 36.1 Å². The van der Waals surface area contributed by atoms with Crippen LogP contribution in [-0.2, 0) is 20.7 Å². The minimum atomic E-state index is -0.361. The molecular weight excluding hydrogens is 354 g/mol. The number of hydrogen-bond donors (Lipinski definition) is 1. The van der Waals surface area contributed by atoms with E-state index >= 15 is 0 Å². The summed E-state index contributed by atoms with van der Waals surface area (Å²) < 4.78 is 10.8. The molecule has 4 heterocycles. The smallest absolute Gasteiger partial charge is 0.337 e. The molecule has 0 aliphatic carbocycles. The Morgan fingerprint density at radius 2 is 2.21 bits per heavy atom. The quantitative estimate of drug-likeness (QED) is 0.773. The normalized spacial score (nSPS) is 31.6. The van der Waals surface area contributed by atoms with Gasteiger partial charge in [-0.3, -0.25) is 4.90 Å². The summed E-state index contributed by atoms with van der Waals surface area (Å²) in [6.07, 6.45) is 3.13. The average Bonchev–Trinajstić information content (AvgIpc) is 3.11. The van der Waals surface area contributed by atoms with Gasteiger partial charge in [0.15, 0.2) is 0 Å². The van der Waals surface area contributed by atoms with Crippen LogP contribution in [0.5, 0.6) is 0 Å². The van der Waals surface area contributed by atoms with Crippen LogP contribution in [0.2, 0.25) is 0 Å². The Bertz CT molecular complexity index is 1020. The van der Waals surface area contributed by atoms with Crippen molar-refractivity contribution in [2.45, 2.75) is 38.0 Å². The third kappa shape index (κ3) is 2.33. The van der Waals surface area contributed by atoms with Gasteiger partial charge in [-0.1, -0.05) is 18.2 Å². The topological polar surface area (TPSA) is 78.3 Å². The Kier molecular flexibility index (Phi) is 3.95. The molecule has 6 nitrogen and oxygen atoms in total. The van der Waals surface area contributed by atoms with Crippen LogP contribution in [-0.4, -0.2) is 41.7 Å². The number of esters is 1. The molecule has 5 atom stereocenters.